The van der Waals surface area contributed by atoms with Crippen LogP contribution in [0.25, 0.3) is 50.7 Å². The molecule has 0 atom stereocenters. The maximum absolute atomic E-state index is 6.23. The van der Waals surface area contributed by atoms with E-state index in [2.05, 4.69) is 60.7 Å². The zero-order chi connectivity index (χ0) is 27.8. The van der Waals surface area contributed by atoms with Gasteiger partial charge in [-0.05, 0) is 108 Å². The van der Waals surface area contributed by atoms with Gasteiger partial charge in [-0.25, -0.2) is 4.98 Å². The van der Waals surface area contributed by atoms with Crippen LogP contribution in [0.4, 0.5) is 0 Å². The van der Waals surface area contributed by atoms with Crippen LogP contribution in [0.3, 0.4) is 0 Å². The van der Waals surface area contributed by atoms with Crippen LogP contribution >= 0.6 is 45.3 Å². The Labute approximate surface area is 253 Å². The third-order valence-corrected chi connectivity index (χ3v) is 11.2. The molecule has 0 fully saturated rings. The number of hydrogen-bond donors (Lipinski definition) is 0. The molecule has 0 amide bonds. The summed E-state index contributed by atoms with van der Waals surface area (Å²) >= 11 is 6.90. The number of rotatable bonds is 8. The van der Waals surface area contributed by atoms with Gasteiger partial charge < -0.3 is 14.2 Å². The number of hydrogen-bond acceptors (Lipinski definition) is 8. The van der Waals surface area contributed by atoms with Crippen LogP contribution in [-0.2, 0) is 0 Å². The molecule has 0 aliphatic carbocycles. The first-order valence-electron chi connectivity index (χ1n) is 12.8. The second-order valence-corrected chi connectivity index (χ2v) is 13.4. The van der Waals surface area contributed by atoms with E-state index >= 15 is 0 Å². The van der Waals surface area contributed by atoms with Gasteiger partial charge in [0.05, 0.1) is 29.3 Å². The molecule has 0 bridgehead atoms. The third-order valence-electron chi connectivity index (χ3n) is 6.57. The Morgan fingerprint density at radius 2 is 1.02 bits per heavy atom. The average Bonchev–Trinajstić information content (AvgIpc) is 3.83. The standard InChI is InChI=1S/C33H23NO3S4/c1-35-22-7-3-20(4-8-22)26-13-14-28(38-26)29-15-16-30(39-29)33-34-25-12-11-24(19-31(25)41-33)37-32-18-17-27(40-32)21-5-9-23(36-2)10-6-21/h3-19H,1-2H3. The lowest BCUT2D eigenvalue weighted by molar-refractivity contribution is 0.415. The molecular weight excluding hydrogens is 587 g/mol. The zero-order valence-electron chi connectivity index (χ0n) is 22.1. The molecule has 0 aliphatic heterocycles. The second kappa shape index (κ2) is 11.1. The molecule has 4 aromatic heterocycles. The van der Waals surface area contributed by atoms with E-state index in [0.29, 0.717) is 0 Å². The number of nitrogens with zero attached hydrogens (tertiary/aromatic N) is 1. The van der Waals surface area contributed by atoms with Crippen molar-refractivity contribution in [3.05, 3.63) is 103 Å². The lowest BCUT2D eigenvalue weighted by atomic mass is 10.2. The number of aromatic nitrogens is 1. The van der Waals surface area contributed by atoms with E-state index in [1.165, 1.54) is 25.1 Å². The minimum absolute atomic E-state index is 0.812. The fourth-order valence-electron chi connectivity index (χ4n) is 4.44. The molecule has 0 saturated carbocycles. The normalized spacial score (nSPS) is 11.2. The van der Waals surface area contributed by atoms with Crippen molar-refractivity contribution in [1.29, 1.82) is 0 Å². The first-order chi connectivity index (χ1) is 20.1. The summed E-state index contributed by atoms with van der Waals surface area (Å²) in [5, 5.41) is 1.88. The number of fused-ring (bicyclic) bond motifs is 1. The van der Waals surface area contributed by atoms with Crippen LogP contribution < -0.4 is 14.2 Å². The molecule has 0 N–H and O–H groups in total. The molecule has 0 radical (unpaired) electrons. The molecule has 7 aromatic rings. The lowest BCUT2D eigenvalue weighted by Gasteiger charge is -2.03. The largest absolute Gasteiger partial charge is 0.497 e. The quantitative estimate of drug-likeness (QED) is 0.172. The Morgan fingerprint density at radius 3 is 1.68 bits per heavy atom. The van der Waals surface area contributed by atoms with Gasteiger partial charge in [-0.3, -0.25) is 0 Å². The molecular formula is C33H23NO3S4. The Morgan fingerprint density at radius 1 is 0.488 bits per heavy atom. The van der Waals surface area contributed by atoms with Crippen LogP contribution in [0.15, 0.2) is 103 Å². The molecule has 8 heteroatoms. The van der Waals surface area contributed by atoms with Crippen molar-refractivity contribution >= 4 is 55.6 Å². The van der Waals surface area contributed by atoms with Gasteiger partial charge in [0.2, 0.25) is 0 Å². The summed E-state index contributed by atoms with van der Waals surface area (Å²) in [4.78, 5) is 11.0. The average molecular weight is 610 g/mol. The van der Waals surface area contributed by atoms with E-state index in [-0.39, 0.29) is 0 Å². The Kier molecular flexibility index (Phi) is 7.06. The van der Waals surface area contributed by atoms with Gasteiger partial charge in [0.25, 0.3) is 0 Å². The molecule has 4 nitrogen and oxygen atoms in total. The van der Waals surface area contributed by atoms with Gasteiger partial charge >= 0.3 is 0 Å². The van der Waals surface area contributed by atoms with E-state index in [4.69, 9.17) is 19.2 Å². The Balaban J connectivity index is 1.08. The van der Waals surface area contributed by atoms with Crippen molar-refractivity contribution in [2.45, 2.75) is 0 Å². The second-order valence-electron chi connectivity index (χ2n) is 9.15. The summed E-state index contributed by atoms with van der Waals surface area (Å²) in [5.41, 5.74) is 3.32. The molecule has 0 aliphatic rings. The molecule has 202 valence electrons. The van der Waals surface area contributed by atoms with Crippen LogP contribution in [-0.4, -0.2) is 19.2 Å². The van der Waals surface area contributed by atoms with Crippen LogP contribution in [0.1, 0.15) is 0 Å². The fraction of sp³-hybridized carbons (Fsp3) is 0.0606. The van der Waals surface area contributed by atoms with E-state index in [1.807, 2.05) is 42.5 Å². The van der Waals surface area contributed by atoms with Crippen LogP contribution in [0.2, 0.25) is 0 Å². The maximum atomic E-state index is 6.23. The van der Waals surface area contributed by atoms with E-state index in [0.717, 1.165) is 48.0 Å². The minimum atomic E-state index is 0.812. The highest BCUT2D eigenvalue weighted by Crippen LogP contribution is 2.43. The van der Waals surface area contributed by atoms with Gasteiger partial charge in [0.15, 0.2) is 5.06 Å². The number of thiazole rings is 1. The zero-order valence-corrected chi connectivity index (χ0v) is 25.4. The smallest absolute Gasteiger partial charge is 0.181 e. The molecule has 3 aromatic carbocycles. The van der Waals surface area contributed by atoms with Gasteiger partial charge in [-0.2, -0.15) is 0 Å². The predicted octanol–water partition coefficient (Wildman–Crippen LogP) is 11.0. The number of methoxy groups -OCH3 is 2. The van der Waals surface area contributed by atoms with Crippen molar-refractivity contribution in [2.24, 2.45) is 0 Å². The van der Waals surface area contributed by atoms with Gasteiger partial charge in [-0.1, -0.05) is 11.3 Å². The Bertz CT molecular complexity index is 1940. The van der Waals surface area contributed by atoms with Gasteiger partial charge in [-0.15, -0.1) is 34.0 Å². The molecule has 0 unspecified atom stereocenters. The third kappa shape index (κ3) is 5.39. The summed E-state index contributed by atoms with van der Waals surface area (Å²) in [5.74, 6) is 2.53. The molecule has 0 spiro atoms. The summed E-state index contributed by atoms with van der Waals surface area (Å²) < 4.78 is 17.9. The number of ether oxygens (including phenoxy) is 3. The summed E-state index contributed by atoms with van der Waals surface area (Å²) in [6, 6.07) is 35.3. The monoisotopic (exact) mass is 609 g/mol. The summed E-state index contributed by atoms with van der Waals surface area (Å²) in [6.07, 6.45) is 0. The highest BCUT2D eigenvalue weighted by molar-refractivity contribution is 7.28. The number of thiophene rings is 3. The lowest BCUT2D eigenvalue weighted by Crippen LogP contribution is -1.81. The minimum Gasteiger partial charge on any atom is -0.497 e. The van der Waals surface area contributed by atoms with E-state index < -0.39 is 0 Å². The molecule has 7 rings (SSSR count). The van der Waals surface area contributed by atoms with Gasteiger partial charge in [0.1, 0.15) is 22.3 Å². The summed E-state index contributed by atoms with van der Waals surface area (Å²) in [7, 11) is 3.37. The van der Waals surface area contributed by atoms with Gasteiger partial charge in [0, 0.05) is 25.6 Å². The van der Waals surface area contributed by atoms with Crippen molar-refractivity contribution in [3.63, 3.8) is 0 Å². The SMILES string of the molecule is COc1ccc(-c2ccc(Oc3ccc4nc(-c5ccc(-c6ccc(-c7ccc(OC)cc7)s6)s5)sc4c3)s2)cc1. The molecule has 4 heterocycles. The van der Waals surface area contributed by atoms with Crippen molar-refractivity contribution < 1.29 is 14.2 Å². The molecule has 0 saturated heterocycles. The highest BCUT2D eigenvalue weighted by Gasteiger charge is 2.13. The fourth-order valence-corrected chi connectivity index (χ4v) is 8.48. The highest BCUT2D eigenvalue weighted by atomic mass is 32.1. The van der Waals surface area contributed by atoms with Crippen molar-refractivity contribution in [1.82, 2.24) is 4.98 Å². The maximum Gasteiger partial charge on any atom is 0.181 e. The number of benzene rings is 3. The first-order valence-corrected chi connectivity index (χ1v) is 16.1. The first kappa shape index (κ1) is 26.0. The van der Waals surface area contributed by atoms with E-state index in [1.54, 1.807) is 59.6 Å². The van der Waals surface area contributed by atoms with E-state index in [9.17, 15) is 0 Å². The molecule has 41 heavy (non-hydrogen) atoms. The summed E-state index contributed by atoms with van der Waals surface area (Å²) in [6.45, 7) is 0. The Hall–Kier alpha value is -3.95. The predicted molar refractivity (Wildman–Crippen MR) is 175 cm³/mol. The van der Waals surface area contributed by atoms with Crippen molar-refractivity contribution in [2.75, 3.05) is 14.2 Å². The van der Waals surface area contributed by atoms with Crippen LogP contribution in [0, 0.1) is 0 Å². The topological polar surface area (TPSA) is 40.6 Å². The van der Waals surface area contributed by atoms with Crippen LogP contribution in [0.5, 0.6) is 22.3 Å². The van der Waals surface area contributed by atoms with Crippen molar-refractivity contribution in [3.8, 4) is 62.8 Å².